The highest BCUT2D eigenvalue weighted by atomic mass is 35.5. The second-order valence-corrected chi connectivity index (χ2v) is 7.06. The van der Waals surface area contributed by atoms with Gasteiger partial charge in [0.05, 0.1) is 27.0 Å². The van der Waals surface area contributed by atoms with E-state index in [-0.39, 0.29) is 10.7 Å². The summed E-state index contributed by atoms with van der Waals surface area (Å²) in [4.78, 5) is 27.1. The number of nitrogens with one attached hydrogen (secondary N) is 1. The van der Waals surface area contributed by atoms with E-state index < -0.39 is 11.8 Å². The number of carbonyl (C=O) groups excluding carboxylic acids is 2. The van der Waals surface area contributed by atoms with Crippen molar-refractivity contribution < 1.29 is 23.8 Å². The summed E-state index contributed by atoms with van der Waals surface area (Å²) in [6, 6.07) is 8.44. The van der Waals surface area contributed by atoms with Crippen molar-refractivity contribution in [1.29, 1.82) is 0 Å². The minimum Gasteiger partial charge on any atom is -0.493 e. The van der Waals surface area contributed by atoms with Crippen LogP contribution >= 0.6 is 23.8 Å². The van der Waals surface area contributed by atoms with Gasteiger partial charge in [-0.3, -0.25) is 19.8 Å². The molecule has 0 aromatic heterocycles. The van der Waals surface area contributed by atoms with E-state index in [0.29, 0.717) is 39.1 Å². The Balaban J connectivity index is 2.13. The van der Waals surface area contributed by atoms with Gasteiger partial charge in [-0.05, 0) is 55.0 Å². The number of carbonyl (C=O) groups is 2. The summed E-state index contributed by atoms with van der Waals surface area (Å²) in [6.45, 7) is 1.77. The quantitative estimate of drug-likeness (QED) is 0.430. The molecule has 0 saturated carbocycles. The lowest BCUT2D eigenvalue weighted by Gasteiger charge is -2.30. The molecule has 2 aromatic rings. The molecule has 1 saturated heterocycles. The second kappa shape index (κ2) is 8.73. The monoisotopic (exact) mass is 446 g/mol. The van der Waals surface area contributed by atoms with Crippen molar-refractivity contribution in [3.05, 3.63) is 52.1 Å². The van der Waals surface area contributed by atoms with E-state index in [9.17, 15) is 9.59 Å². The molecule has 9 heteroatoms. The average Bonchev–Trinajstić information content (AvgIpc) is 2.73. The minimum absolute atomic E-state index is 0.0215. The Bertz CT molecular complexity index is 1080. The van der Waals surface area contributed by atoms with Crippen LogP contribution in [0.5, 0.6) is 17.2 Å². The number of hydrogen-bond donors (Lipinski definition) is 1. The number of hydrogen-bond acceptors (Lipinski definition) is 6. The van der Waals surface area contributed by atoms with E-state index in [0.717, 1.165) is 0 Å². The fraction of sp³-hybridized carbons (Fsp3) is 0.190. The molecule has 1 heterocycles. The number of benzene rings is 2. The van der Waals surface area contributed by atoms with Crippen molar-refractivity contribution in [2.75, 3.05) is 26.2 Å². The van der Waals surface area contributed by atoms with E-state index in [4.69, 9.17) is 38.0 Å². The van der Waals surface area contributed by atoms with Gasteiger partial charge in [0.2, 0.25) is 5.75 Å². The second-order valence-electron chi connectivity index (χ2n) is 6.27. The summed E-state index contributed by atoms with van der Waals surface area (Å²) in [5, 5.41) is 3.01. The molecule has 1 fully saturated rings. The molecule has 1 N–H and O–H groups in total. The number of ether oxygens (including phenoxy) is 3. The lowest BCUT2D eigenvalue weighted by Crippen LogP contribution is -2.54. The van der Waals surface area contributed by atoms with Crippen LogP contribution in [0.1, 0.15) is 11.1 Å². The third kappa shape index (κ3) is 3.71. The van der Waals surface area contributed by atoms with Gasteiger partial charge in [-0.15, -0.1) is 0 Å². The smallest absolute Gasteiger partial charge is 0.270 e. The van der Waals surface area contributed by atoms with E-state index in [1.807, 2.05) is 0 Å². The molecular weight excluding hydrogens is 428 g/mol. The molecule has 2 amide bonds. The van der Waals surface area contributed by atoms with Crippen LogP contribution in [0.15, 0.2) is 35.9 Å². The highest BCUT2D eigenvalue weighted by Gasteiger charge is 2.35. The number of amides is 2. The van der Waals surface area contributed by atoms with Gasteiger partial charge in [0.25, 0.3) is 11.8 Å². The fourth-order valence-corrected chi connectivity index (χ4v) is 3.55. The first-order valence-corrected chi connectivity index (χ1v) is 9.58. The van der Waals surface area contributed by atoms with Gasteiger partial charge in [-0.1, -0.05) is 17.7 Å². The number of methoxy groups -OCH3 is 3. The Hall–Kier alpha value is -3.10. The SMILES string of the molecule is COc1ccc(/C=C2\C(=O)NC(=S)N(c3cccc(Cl)c3C)C2=O)c(OC)c1OC. The van der Waals surface area contributed by atoms with E-state index in [1.165, 1.54) is 32.3 Å². The van der Waals surface area contributed by atoms with Crippen LogP contribution in [0.25, 0.3) is 6.08 Å². The summed E-state index contributed by atoms with van der Waals surface area (Å²) >= 11 is 11.4. The molecule has 7 nitrogen and oxygen atoms in total. The number of thiocarbonyl (C=S) groups is 1. The summed E-state index contributed by atoms with van der Waals surface area (Å²) in [5.41, 5.74) is 1.49. The topological polar surface area (TPSA) is 77.1 Å². The van der Waals surface area contributed by atoms with E-state index in [1.54, 1.807) is 37.3 Å². The molecule has 0 atom stereocenters. The van der Waals surface area contributed by atoms with Crippen molar-refractivity contribution in [2.45, 2.75) is 6.92 Å². The summed E-state index contributed by atoms with van der Waals surface area (Å²) in [6.07, 6.45) is 1.42. The molecule has 0 radical (unpaired) electrons. The van der Waals surface area contributed by atoms with Crippen LogP contribution in [0.3, 0.4) is 0 Å². The van der Waals surface area contributed by atoms with Gasteiger partial charge in [0.1, 0.15) is 5.57 Å². The molecule has 0 unspecified atom stereocenters. The van der Waals surface area contributed by atoms with Gasteiger partial charge in [-0.2, -0.15) is 0 Å². The molecule has 3 rings (SSSR count). The zero-order valence-corrected chi connectivity index (χ0v) is 18.3. The predicted octanol–water partition coefficient (Wildman–Crippen LogP) is 3.51. The zero-order chi connectivity index (χ0) is 22.0. The maximum absolute atomic E-state index is 13.3. The molecule has 156 valence electrons. The van der Waals surface area contributed by atoms with Crippen LogP contribution in [0.4, 0.5) is 5.69 Å². The van der Waals surface area contributed by atoms with Gasteiger partial charge >= 0.3 is 0 Å². The first-order chi connectivity index (χ1) is 14.3. The molecule has 0 aliphatic carbocycles. The maximum atomic E-state index is 13.3. The highest BCUT2D eigenvalue weighted by molar-refractivity contribution is 7.80. The normalized spacial score (nSPS) is 15.3. The highest BCUT2D eigenvalue weighted by Crippen LogP contribution is 2.41. The Kier molecular flexibility index (Phi) is 6.28. The van der Waals surface area contributed by atoms with Crippen molar-refractivity contribution >= 4 is 52.5 Å². The van der Waals surface area contributed by atoms with Crippen LogP contribution < -0.4 is 24.4 Å². The Labute approximate surface area is 184 Å². The van der Waals surface area contributed by atoms with Gasteiger partial charge in [0, 0.05) is 10.6 Å². The molecule has 0 spiro atoms. The summed E-state index contributed by atoms with van der Waals surface area (Å²) in [7, 11) is 4.43. The van der Waals surface area contributed by atoms with Gasteiger partial charge in [-0.25, -0.2) is 0 Å². The Morgan fingerprint density at radius 3 is 2.37 bits per heavy atom. The molecule has 1 aliphatic heterocycles. The summed E-state index contributed by atoms with van der Waals surface area (Å²) in [5.74, 6) is -0.0725. The first-order valence-electron chi connectivity index (χ1n) is 8.79. The first kappa shape index (κ1) is 21.6. The van der Waals surface area contributed by atoms with E-state index >= 15 is 0 Å². The largest absolute Gasteiger partial charge is 0.493 e. The fourth-order valence-electron chi connectivity index (χ4n) is 3.11. The summed E-state index contributed by atoms with van der Waals surface area (Å²) < 4.78 is 16.1. The molecule has 2 aromatic carbocycles. The molecule has 1 aliphatic rings. The number of nitrogens with zero attached hydrogens (tertiary/aromatic N) is 1. The molecular formula is C21H19ClN2O5S. The number of halogens is 1. The third-order valence-electron chi connectivity index (χ3n) is 4.62. The van der Waals surface area contributed by atoms with E-state index in [2.05, 4.69) is 5.32 Å². The van der Waals surface area contributed by atoms with Crippen molar-refractivity contribution in [1.82, 2.24) is 5.32 Å². The number of rotatable bonds is 5. The van der Waals surface area contributed by atoms with Crippen molar-refractivity contribution in [3.63, 3.8) is 0 Å². The Morgan fingerprint density at radius 1 is 1.03 bits per heavy atom. The lowest BCUT2D eigenvalue weighted by molar-refractivity contribution is -0.122. The average molecular weight is 447 g/mol. The van der Waals surface area contributed by atoms with Crippen LogP contribution in [-0.4, -0.2) is 38.3 Å². The standard InChI is InChI=1S/C21H19ClN2O5S/c1-11-14(22)6-5-7-15(11)24-20(26)13(19(25)23-21(24)30)10-12-8-9-16(27-2)18(29-4)17(12)28-3/h5-10H,1-4H3,(H,23,25,30)/b13-10+. The minimum atomic E-state index is -0.613. The number of anilines is 1. The maximum Gasteiger partial charge on any atom is 0.270 e. The van der Waals surface area contributed by atoms with Crippen LogP contribution in [0.2, 0.25) is 5.02 Å². The molecule has 0 bridgehead atoms. The lowest BCUT2D eigenvalue weighted by atomic mass is 10.0. The zero-order valence-electron chi connectivity index (χ0n) is 16.7. The van der Waals surface area contributed by atoms with Crippen LogP contribution in [-0.2, 0) is 9.59 Å². The Morgan fingerprint density at radius 2 is 1.73 bits per heavy atom. The third-order valence-corrected chi connectivity index (χ3v) is 5.31. The predicted molar refractivity (Wildman–Crippen MR) is 118 cm³/mol. The molecule has 30 heavy (non-hydrogen) atoms. The van der Waals surface area contributed by atoms with Crippen LogP contribution in [0, 0.1) is 6.92 Å². The van der Waals surface area contributed by atoms with Gasteiger partial charge in [0.15, 0.2) is 16.6 Å². The van der Waals surface area contributed by atoms with Crippen molar-refractivity contribution in [3.8, 4) is 17.2 Å². The van der Waals surface area contributed by atoms with Crippen molar-refractivity contribution in [2.24, 2.45) is 0 Å². The van der Waals surface area contributed by atoms with Gasteiger partial charge < -0.3 is 14.2 Å².